The van der Waals surface area contributed by atoms with E-state index in [0.29, 0.717) is 0 Å². The van der Waals surface area contributed by atoms with E-state index in [0.717, 1.165) is 20.9 Å². The highest BCUT2D eigenvalue weighted by atomic mass is 32.2. The molecule has 136 valence electrons. The van der Waals surface area contributed by atoms with Crippen LogP contribution in [0.1, 0.15) is 11.5 Å². The van der Waals surface area contributed by atoms with E-state index < -0.39 is 26.2 Å². The molecule has 0 bridgehead atoms. The summed E-state index contributed by atoms with van der Waals surface area (Å²) in [6.45, 7) is 0.180. The number of rotatable bonds is 4. The molecule has 0 aliphatic carbocycles. The van der Waals surface area contributed by atoms with Crippen LogP contribution >= 0.6 is 11.3 Å². The van der Waals surface area contributed by atoms with Crippen molar-refractivity contribution in [2.45, 2.75) is 10.8 Å². The van der Waals surface area contributed by atoms with E-state index in [2.05, 4.69) is 0 Å². The lowest BCUT2D eigenvalue weighted by Crippen LogP contribution is -2.42. The monoisotopic (exact) mass is 385 g/mol. The summed E-state index contributed by atoms with van der Waals surface area (Å²) in [6, 6.07) is 1.92. The average Bonchev–Trinajstić information content (AvgIpc) is 3.24. The number of thiophene rings is 1. The molecule has 1 aliphatic rings. The van der Waals surface area contributed by atoms with E-state index in [1.165, 1.54) is 29.7 Å². The summed E-state index contributed by atoms with van der Waals surface area (Å²) < 4.78 is 29.0. The van der Waals surface area contributed by atoms with Crippen LogP contribution in [0, 0.1) is 5.92 Å². The zero-order valence-electron chi connectivity index (χ0n) is 13.8. The van der Waals surface area contributed by atoms with Gasteiger partial charge < -0.3 is 9.67 Å². The molecule has 0 amide bonds. The molecule has 3 rings (SSSR count). The van der Waals surface area contributed by atoms with Crippen molar-refractivity contribution < 1.29 is 13.5 Å². The van der Waals surface area contributed by atoms with Gasteiger partial charge in [0, 0.05) is 51.8 Å². The van der Waals surface area contributed by atoms with Crippen molar-refractivity contribution >= 4 is 21.4 Å². The Balaban J connectivity index is 2.02. The average molecular weight is 385 g/mol. The molecule has 3 heterocycles. The molecule has 2 aromatic rings. The second kappa shape index (κ2) is 6.52. The van der Waals surface area contributed by atoms with Gasteiger partial charge in [-0.1, -0.05) is 0 Å². The molecule has 0 aromatic carbocycles. The van der Waals surface area contributed by atoms with Crippen LogP contribution in [0.4, 0.5) is 0 Å². The topological polar surface area (TPSA) is 102 Å². The van der Waals surface area contributed by atoms with Crippen LogP contribution in [-0.4, -0.2) is 46.7 Å². The number of aromatic nitrogens is 2. The molecule has 10 heteroatoms. The smallest absolute Gasteiger partial charge is 0.330 e. The van der Waals surface area contributed by atoms with Gasteiger partial charge in [-0.2, -0.15) is 15.6 Å². The van der Waals surface area contributed by atoms with E-state index in [-0.39, 0.29) is 31.5 Å². The Kier molecular flexibility index (Phi) is 4.71. The van der Waals surface area contributed by atoms with E-state index in [9.17, 15) is 23.1 Å². The van der Waals surface area contributed by atoms with Crippen LogP contribution in [0.3, 0.4) is 0 Å². The highest BCUT2D eigenvalue weighted by Crippen LogP contribution is 2.35. The summed E-state index contributed by atoms with van der Waals surface area (Å²) in [5.41, 5.74) is -0.451. The van der Waals surface area contributed by atoms with Crippen molar-refractivity contribution in [1.82, 2.24) is 13.4 Å². The van der Waals surface area contributed by atoms with Crippen molar-refractivity contribution in [2.75, 3.05) is 19.7 Å². The summed E-state index contributed by atoms with van der Waals surface area (Å²) in [7, 11) is -1.42. The fourth-order valence-corrected chi connectivity index (χ4v) is 5.56. The van der Waals surface area contributed by atoms with Gasteiger partial charge in [-0.25, -0.2) is 13.2 Å². The minimum atomic E-state index is -4.07. The molecular formula is C15H19N3O5S2. The first-order valence-corrected chi connectivity index (χ1v) is 10.1. The van der Waals surface area contributed by atoms with Crippen molar-refractivity contribution in [2.24, 2.45) is 20.0 Å². The lowest BCUT2D eigenvalue weighted by Gasteiger charge is -2.17. The largest absolute Gasteiger partial charge is 0.396 e. The van der Waals surface area contributed by atoms with Gasteiger partial charge >= 0.3 is 5.69 Å². The van der Waals surface area contributed by atoms with E-state index in [4.69, 9.17) is 0 Å². The zero-order chi connectivity index (χ0) is 18.4. The SMILES string of the molecule is Cn1cc(S(=O)(=O)N2C[C@H](CO)[C@@H](c3ccsc3)C2)c(=O)n(C)c1=O. The lowest BCUT2D eigenvalue weighted by atomic mass is 9.92. The van der Waals surface area contributed by atoms with E-state index in [1.807, 2.05) is 16.8 Å². The molecule has 0 spiro atoms. The Morgan fingerprint density at radius 3 is 2.60 bits per heavy atom. The maximum absolute atomic E-state index is 13.0. The minimum Gasteiger partial charge on any atom is -0.396 e. The van der Waals surface area contributed by atoms with Crippen LogP contribution in [0.5, 0.6) is 0 Å². The molecule has 0 radical (unpaired) electrons. The highest BCUT2D eigenvalue weighted by molar-refractivity contribution is 7.89. The number of aliphatic hydroxyl groups excluding tert-OH is 1. The quantitative estimate of drug-likeness (QED) is 0.768. The summed E-state index contributed by atoms with van der Waals surface area (Å²) in [4.78, 5) is 23.7. The molecule has 1 aliphatic heterocycles. The minimum absolute atomic E-state index is 0.123. The third kappa shape index (κ3) is 2.99. The van der Waals surface area contributed by atoms with Crippen LogP contribution in [-0.2, 0) is 24.1 Å². The van der Waals surface area contributed by atoms with Crippen LogP contribution in [0.15, 0.2) is 37.5 Å². The predicted octanol–water partition coefficient (Wildman–Crippen LogP) is -0.458. The first-order chi connectivity index (χ1) is 11.8. The van der Waals surface area contributed by atoms with E-state index >= 15 is 0 Å². The Labute approximate surface area is 148 Å². The van der Waals surface area contributed by atoms with Gasteiger partial charge in [0.2, 0.25) is 10.0 Å². The normalized spacial score (nSPS) is 21.7. The van der Waals surface area contributed by atoms with Crippen molar-refractivity contribution in [3.63, 3.8) is 0 Å². The molecule has 2 atom stereocenters. The zero-order valence-corrected chi connectivity index (χ0v) is 15.5. The molecule has 2 aromatic heterocycles. The summed E-state index contributed by atoms with van der Waals surface area (Å²) >= 11 is 1.51. The molecule has 0 saturated carbocycles. The number of aryl methyl sites for hydroxylation is 1. The number of aliphatic hydroxyl groups is 1. The lowest BCUT2D eigenvalue weighted by molar-refractivity contribution is 0.223. The van der Waals surface area contributed by atoms with Gasteiger partial charge in [-0.15, -0.1) is 0 Å². The summed E-state index contributed by atoms with van der Waals surface area (Å²) in [5, 5.41) is 13.5. The first-order valence-electron chi connectivity index (χ1n) is 7.67. The van der Waals surface area contributed by atoms with Crippen molar-refractivity contribution in [3.8, 4) is 0 Å². The van der Waals surface area contributed by atoms with Crippen LogP contribution in [0.25, 0.3) is 0 Å². The van der Waals surface area contributed by atoms with Crippen molar-refractivity contribution in [1.29, 1.82) is 0 Å². The Bertz CT molecular complexity index is 991. The Hall–Kier alpha value is -1.75. The first kappa shape index (κ1) is 18.1. The summed E-state index contributed by atoms with van der Waals surface area (Å²) in [6.07, 6.45) is 1.06. The number of sulfonamides is 1. The third-order valence-corrected chi connectivity index (χ3v) is 7.16. The van der Waals surface area contributed by atoms with Crippen LogP contribution < -0.4 is 11.2 Å². The fraction of sp³-hybridized carbons (Fsp3) is 0.467. The van der Waals surface area contributed by atoms with Crippen LogP contribution in [0.2, 0.25) is 0 Å². The second-order valence-corrected chi connectivity index (χ2v) is 8.87. The standard InChI is InChI=1S/C15H19N3O5S2/c1-16-7-13(14(20)17(2)15(16)21)25(22,23)18-5-11(8-19)12(6-18)10-3-4-24-9-10/h3-4,7,9,11-12,19H,5-6,8H2,1-2H3/t11-,12-/m1/s1. The van der Waals surface area contributed by atoms with Gasteiger partial charge in [0.1, 0.15) is 0 Å². The third-order valence-electron chi connectivity index (χ3n) is 4.65. The molecule has 25 heavy (non-hydrogen) atoms. The number of nitrogens with zero attached hydrogens (tertiary/aromatic N) is 3. The molecular weight excluding hydrogens is 366 g/mol. The maximum atomic E-state index is 13.0. The Morgan fingerprint density at radius 2 is 2.00 bits per heavy atom. The Morgan fingerprint density at radius 1 is 1.28 bits per heavy atom. The molecule has 1 saturated heterocycles. The maximum Gasteiger partial charge on any atom is 0.330 e. The molecule has 1 N–H and O–H groups in total. The van der Waals surface area contributed by atoms with Gasteiger partial charge in [-0.05, 0) is 22.4 Å². The predicted molar refractivity (Wildman–Crippen MR) is 93.3 cm³/mol. The molecule has 0 unspecified atom stereocenters. The molecule has 8 nitrogen and oxygen atoms in total. The summed E-state index contributed by atoms with van der Waals surface area (Å²) in [5.74, 6) is -0.358. The van der Waals surface area contributed by atoms with Gasteiger partial charge in [0.15, 0.2) is 4.90 Å². The second-order valence-electron chi connectivity index (χ2n) is 6.18. The highest BCUT2D eigenvalue weighted by Gasteiger charge is 2.41. The van der Waals surface area contributed by atoms with E-state index in [1.54, 1.807) is 0 Å². The van der Waals surface area contributed by atoms with Gasteiger partial charge in [-0.3, -0.25) is 9.36 Å². The van der Waals surface area contributed by atoms with Gasteiger partial charge in [0.25, 0.3) is 5.56 Å². The van der Waals surface area contributed by atoms with Gasteiger partial charge in [0.05, 0.1) is 0 Å². The fourth-order valence-electron chi connectivity index (χ4n) is 3.17. The number of hydrogen-bond donors (Lipinski definition) is 1. The number of hydrogen-bond acceptors (Lipinski definition) is 6. The van der Waals surface area contributed by atoms with Crippen molar-refractivity contribution in [3.05, 3.63) is 49.4 Å². The molecule has 1 fully saturated rings.